The van der Waals surface area contributed by atoms with Gasteiger partial charge in [-0.25, -0.2) is 0 Å². The van der Waals surface area contributed by atoms with Gasteiger partial charge in [0.05, 0.1) is 11.5 Å². The minimum Gasteiger partial charge on any atom is -0.492 e. The van der Waals surface area contributed by atoms with Crippen molar-refractivity contribution in [3.05, 3.63) is 69.3 Å². The first kappa shape index (κ1) is 24.1. The molecule has 2 unspecified atom stereocenters. The molecule has 5 N–H and O–H groups in total. The van der Waals surface area contributed by atoms with Crippen molar-refractivity contribution >= 4 is 45.3 Å². The Morgan fingerprint density at radius 2 is 2.06 bits per heavy atom. The molecule has 0 saturated heterocycles. The number of anilines is 3. The normalized spacial score (nSPS) is 15.4. The highest BCUT2D eigenvalue weighted by Gasteiger charge is 2.32. The fourth-order valence-corrected chi connectivity index (χ4v) is 4.68. The highest BCUT2D eigenvalue weighted by Crippen LogP contribution is 2.36. The van der Waals surface area contributed by atoms with Crippen LogP contribution >= 0.6 is 11.5 Å². The summed E-state index contributed by atoms with van der Waals surface area (Å²) in [6, 6.07) is 10.8. The molecule has 1 aliphatic heterocycles. The fourth-order valence-electron chi connectivity index (χ4n) is 3.96. The summed E-state index contributed by atoms with van der Waals surface area (Å²) >= 11 is 0.983. The zero-order valence-electron chi connectivity index (χ0n) is 19.0. The van der Waals surface area contributed by atoms with Gasteiger partial charge in [-0.2, -0.15) is 4.37 Å². The number of carbonyl (C=O) groups excluding carboxylic acids is 1. The van der Waals surface area contributed by atoms with Gasteiger partial charge in [-0.15, -0.1) is 0 Å². The number of aromatic hydroxyl groups is 1. The van der Waals surface area contributed by atoms with Gasteiger partial charge in [0, 0.05) is 41.2 Å². The molecule has 0 radical (unpaired) electrons. The molecule has 2 aromatic carbocycles. The van der Waals surface area contributed by atoms with Crippen molar-refractivity contribution in [3.8, 4) is 5.88 Å². The highest BCUT2D eigenvalue weighted by atomic mass is 32.1. The molecule has 4 rings (SSSR count). The van der Waals surface area contributed by atoms with E-state index in [1.807, 2.05) is 6.92 Å². The van der Waals surface area contributed by atoms with Gasteiger partial charge in [-0.3, -0.25) is 20.3 Å². The van der Waals surface area contributed by atoms with Gasteiger partial charge in [-0.05, 0) is 67.7 Å². The summed E-state index contributed by atoms with van der Waals surface area (Å²) in [5, 5.41) is 44.9. The van der Waals surface area contributed by atoms with Gasteiger partial charge in [0.2, 0.25) is 5.88 Å². The van der Waals surface area contributed by atoms with E-state index in [1.165, 1.54) is 12.1 Å². The van der Waals surface area contributed by atoms with E-state index in [1.54, 1.807) is 42.2 Å². The maximum absolute atomic E-state index is 13.3. The standard InChI is InChI=1S/C23H24N6O5S/c1-12(11-30)25-20(24)19-21(31)27-35-22(19)26-16-5-3-14(4-6-16)23(32)28-13(2)9-15-10-17(29(33)34)7-8-18(15)28/h3-8,10,12-13,26,30H,9,11H2,1-2H3,(H2,24,25)(H,27,31). The maximum atomic E-state index is 13.3. The van der Waals surface area contributed by atoms with E-state index in [9.17, 15) is 25.1 Å². The summed E-state index contributed by atoms with van der Waals surface area (Å²) in [4.78, 5) is 25.5. The van der Waals surface area contributed by atoms with E-state index in [0.29, 0.717) is 28.4 Å². The largest absolute Gasteiger partial charge is 0.492 e. The van der Waals surface area contributed by atoms with Crippen LogP contribution < -0.4 is 15.5 Å². The third-order valence-electron chi connectivity index (χ3n) is 5.69. The van der Waals surface area contributed by atoms with Crippen LogP contribution in [0.5, 0.6) is 5.88 Å². The summed E-state index contributed by atoms with van der Waals surface area (Å²) in [5.74, 6) is -0.584. The number of benzene rings is 2. The van der Waals surface area contributed by atoms with Crippen LogP contribution in [0.25, 0.3) is 0 Å². The number of aliphatic hydroxyl groups excluding tert-OH is 1. The topological polar surface area (TPSA) is 165 Å². The van der Waals surface area contributed by atoms with Gasteiger partial charge in [-0.1, -0.05) is 0 Å². The van der Waals surface area contributed by atoms with E-state index < -0.39 is 4.92 Å². The molecule has 0 aliphatic carbocycles. The van der Waals surface area contributed by atoms with Crippen molar-refractivity contribution in [1.29, 1.82) is 5.41 Å². The second kappa shape index (κ2) is 9.68. The van der Waals surface area contributed by atoms with Crippen molar-refractivity contribution in [2.45, 2.75) is 32.4 Å². The molecule has 11 nitrogen and oxygen atoms in total. The number of nitrogens with zero attached hydrogens (tertiary/aromatic N) is 3. The molecule has 12 heteroatoms. The summed E-state index contributed by atoms with van der Waals surface area (Å²) in [6.07, 6.45) is 0.537. The van der Waals surface area contributed by atoms with Gasteiger partial charge in [0.1, 0.15) is 16.4 Å². The minimum absolute atomic E-state index is 0.00301. The number of hydrogen-bond acceptors (Lipinski definition) is 9. The molecule has 182 valence electrons. The summed E-state index contributed by atoms with van der Waals surface area (Å²) in [7, 11) is 0. The number of amidine groups is 1. The molecular formula is C23H24N6O5S. The Balaban J connectivity index is 1.52. The zero-order valence-corrected chi connectivity index (χ0v) is 19.8. The molecule has 0 bridgehead atoms. The number of nitrogens with one attached hydrogen (secondary N) is 3. The first-order valence-corrected chi connectivity index (χ1v) is 11.6. The predicted molar refractivity (Wildman–Crippen MR) is 133 cm³/mol. The minimum atomic E-state index is -0.444. The van der Waals surface area contributed by atoms with Crippen LogP contribution in [-0.2, 0) is 6.42 Å². The lowest BCUT2D eigenvalue weighted by Gasteiger charge is -2.23. The molecule has 2 atom stereocenters. The molecule has 35 heavy (non-hydrogen) atoms. The summed E-state index contributed by atoms with van der Waals surface area (Å²) in [6.45, 7) is 3.43. The monoisotopic (exact) mass is 496 g/mol. The van der Waals surface area contributed by atoms with Crippen LogP contribution in [0.4, 0.5) is 22.1 Å². The molecule has 1 aliphatic rings. The average Bonchev–Trinajstić information content (AvgIpc) is 3.36. The van der Waals surface area contributed by atoms with Gasteiger partial charge in [0.25, 0.3) is 11.6 Å². The zero-order chi connectivity index (χ0) is 25.3. The number of rotatable bonds is 7. The number of nitro benzene ring substituents is 1. The number of aromatic nitrogens is 1. The third kappa shape index (κ3) is 4.79. The average molecular weight is 497 g/mol. The number of aliphatic hydroxyl groups is 1. The van der Waals surface area contributed by atoms with E-state index in [-0.39, 0.29) is 47.6 Å². The number of non-ortho nitro benzene ring substituents is 1. The van der Waals surface area contributed by atoms with E-state index in [2.05, 4.69) is 15.0 Å². The second-order valence-electron chi connectivity index (χ2n) is 8.31. The lowest BCUT2D eigenvalue weighted by atomic mass is 10.1. The number of carbonyl (C=O) groups is 1. The van der Waals surface area contributed by atoms with Crippen molar-refractivity contribution in [2.24, 2.45) is 0 Å². The quantitative estimate of drug-likeness (QED) is 0.144. The van der Waals surface area contributed by atoms with Crippen LogP contribution in [0.2, 0.25) is 0 Å². The number of amides is 1. The summed E-state index contributed by atoms with van der Waals surface area (Å²) < 4.78 is 3.90. The third-order valence-corrected chi connectivity index (χ3v) is 6.44. The molecular weight excluding hydrogens is 472 g/mol. The first-order valence-electron chi connectivity index (χ1n) is 10.8. The smallest absolute Gasteiger partial charge is 0.269 e. The Bertz CT molecular complexity index is 1290. The van der Waals surface area contributed by atoms with Crippen molar-refractivity contribution in [3.63, 3.8) is 0 Å². The van der Waals surface area contributed by atoms with E-state index in [4.69, 9.17) is 5.41 Å². The Morgan fingerprint density at radius 1 is 1.34 bits per heavy atom. The van der Waals surface area contributed by atoms with Crippen LogP contribution in [0, 0.1) is 15.5 Å². The molecule has 2 heterocycles. The number of hydrogen-bond donors (Lipinski definition) is 5. The number of fused-ring (bicyclic) bond motifs is 1. The van der Waals surface area contributed by atoms with Gasteiger partial charge >= 0.3 is 0 Å². The first-order chi connectivity index (χ1) is 16.7. The molecule has 0 saturated carbocycles. The van der Waals surface area contributed by atoms with Crippen LogP contribution in [0.1, 0.15) is 35.3 Å². The van der Waals surface area contributed by atoms with Gasteiger partial charge in [0.15, 0.2) is 0 Å². The van der Waals surface area contributed by atoms with Crippen LogP contribution in [-0.4, -0.2) is 49.9 Å². The number of nitro groups is 1. The highest BCUT2D eigenvalue weighted by molar-refractivity contribution is 7.11. The lowest BCUT2D eigenvalue weighted by Crippen LogP contribution is -2.35. The van der Waals surface area contributed by atoms with Crippen LogP contribution in [0.15, 0.2) is 42.5 Å². The molecule has 1 aromatic heterocycles. The predicted octanol–water partition coefficient (Wildman–Crippen LogP) is 3.39. The second-order valence-corrected chi connectivity index (χ2v) is 9.09. The fraction of sp³-hybridized carbons (Fsp3) is 0.261. The molecule has 1 amide bonds. The Hall–Kier alpha value is -4.03. The van der Waals surface area contributed by atoms with Crippen LogP contribution in [0.3, 0.4) is 0 Å². The Labute approximate surface area is 204 Å². The van der Waals surface area contributed by atoms with Gasteiger partial charge < -0.3 is 25.7 Å². The molecule has 0 spiro atoms. The van der Waals surface area contributed by atoms with Crippen molar-refractivity contribution < 1.29 is 19.9 Å². The maximum Gasteiger partial charge on any atom is 0.269 e. The lowest BCUT2D eigenvalue weighted by molar-refractivity contribution is -0.384. The van der Waals surface area contributed by atoms with Crippen molar-refractivity contribution in [2.75, 3.05) is 16.8 Å². The molecule has 3 aromatic rings. The summed E-state index contributed by atoms with van der Waals surface area (Å²) in [5.41, 5.74) is 2.70. The Morgan fingerprint density at radius 3 is 2.71 bits per heavy atom. The van der Waals surface area contributed by atoms with Crippen molar-refractivity contribution in [1.82, 2.24) is 9.69 Å². The Kier molecular flexibility index (Phi) is 6.67. The van der Waals surface area contributed by atoms with E-state index in [0.717, 1.165) is 17.1 Å². The van der Waals surface area contributed by atoms with E-state index >= 15 is 0 Å². The SMILES string of the molecule is CC(CO)NC(=N)c1c(O)nsc1Nc1ccc(C(=O)N2c3ccc([N+](=O)[O-])cc3CC2C)cc1. The molecule has 0 fully saturated rings.